The molecule has 0 amide bonds. The molecule has 1 atom stereocenters. The first kappa shape index (κ1) is 25.0. The van der Waals surface area contributed by atoms with Crippen LogP contribution in [0.15, 0.2) is 36.4 Å². The summed E-state index contributed by atoms with van der Waals surface area (Å²) in [7, 11) is -4.40. The molecule has 1 heterocycles. The number of nitrogens with one attached hydrogen (secondary N) is 2. The van der Waals surface area contributed by atoms with Crippen LogP contribution in [-0.2, 0) is 32.8 Å². The fraction of sp³-hybridized carbons (Fsp3) is 0.286. The topological polar surface area (TPSA) is 194 Å². The number of aliphatic carboxylic acids is 2. The first-order valence-corrected chi connectivity index (χ1v) is 11.6. The number of esters is 1. The van der Waals surface area contributed by atoms with Crippen molar-refractivity contribution in [2.75, 3.05) is 12.3 Å². The van der Waals surface area contributed by atoms with Crippen LogP contribution in [0.25, 0.3) is 0 Å². The standard InChI is InChI=1S/C21H23N3O9S/c22-14-6-7-15-12(9-14)4-2-8-32-19-13(3-1-5-17(19)33-21(15)29)11-23-34(30,31)24-16(20(27)28)10-18(25)26/h1,3,5-7,9,16,23-24H,2,4,8,10-11,22H2,(H,25,26)(H,27,28)/t16-/m0/s1. The molecule has 0 unspecified atom stereocenters. The number of aryl methyl sites for hydroxylation is 1. The van der Waals surface area contributed by atoms with E-state index in [0.29, 0.717) is 29.7 Å². The zero-order valence-corrected chi connectivity index (χ0v) is 18.6. The third-order valence-electron chi connectivity index (χ3n) is 4.88. The number of hydrogen-bond donors (Lipinski definition) is 5. The molecule has 0 aromatic heterocycles. The van der Waals surface area contributed by atoms with Gasteiger partial charge in [-0.3, -0.25) is 9.59 Å². The molecular weight excluding hydrogens is 470 g/mol. The van der Waals surface area contributed by atoms with E-state index >= 15 is 0 Å². The van der Waals surface area contributed by atoms with Crippen LogP contribution in [0.3, 0.4) is 0 Å². The number of nitrogen functional groups attached to an aromatic ring is 1. The Hall–Kier alpha value is -3.68. The van der Waals surface area contributed by atoms with Crippen LogP contribution in [0.5, 0.6) is 11.5 Å². The van der Waals surface area contributed by atoms with Gasteiger partial charge in [0.15, 0.2) is 11.5 Å². The molecule has 0 aliphatic carbocycles. The number of anilines is 1. The van der Waals surface area contributed by atoms with Gasteiger partial charge in [-0.15, -0.1) is 0 Å². The second-order valence-electron chi connectivity index (χ2n) is 7.43. The van der Waals surface area contributed by atoms with Gasteiger partial charge >= 0.3 is 17.9 Å². The number of hydrogen-bond acceptors (Lipinski definition) is 8. The van der Waals surface area contributed by atoms with Crippen LogP contribution < -0.4 is 24.7 Å². The van der Waals surface area contributed by atoms with Crippen molar-refractivity contribution < 1.29 is 42.5 Å². The largest absolute Gasteiger partial charge is 0.489 e. The Morgan fingerprint density at radius 1 is 1.18 bits per heavy atom. The van der Waals surface area contributed by atoms with E-state index in [0.717, 1.165) is 5.56 Å². The first-order chi connectivity index (χ1) is 16.1. The Labute approximate surface area is 194 Å². The Morgan fingerprint density at radius 3 is 2.65 bits per heavy atom. The van der Waals surface area contributed by atoms with Gasteiger partial charge in [0.05, 0.1) is 18.6 Å². The third-order valence-corrected chi connectivity index (χ3v) is 6.00. The number of nitrogens with two attached hydrogens (primary N) is 1. The molecule has 2 aromatic carbocycles. The zero-order valence-electron chi connectivity index (χ0n) is 17.8. The molecule has 1 aliphatic heterocycles. The van der Waals surface area contributed by atoms with Gasteiger partial charge in [-0.2, -0.15) is 17.9 Å². The van der Waals surface area contributed by atoms with Crippen molar-refractivity contribution >= 4 is 33.8 Å². The van der Waals surface area contributed by atoms with Crippen molar-refractivity contribution in [3.63, 3.8) is 0 Å². The van der Waals surface area contributed by atoms with Crippen LogP contribution in [0.2, 0.25) is 0 Å². The Bertz CT molecular complexity index is 1210. The Morgan fingerprint density at radius 2 is 1.94 bits per heavy atom. The van der Waals surface area contributed by atoms with Gasteiger partial charge in [-0.25, -0.2) is 4.79 Å². The summed E-state index contributed by atoms with van der Waals surface area (Å²) in [4.78, 5) is 34.7. The summed E-state index contributed by atoms with van der Waals surface area (Å²) in [6.07, 6.45) is 0.104. The molecule has 0 bridgehead atoms. The second-order valence-corrected chi connectivity index (χ2v) is 8.96. The molecule has 2 aromatic rings. The summed E-state index contributed by atoms with van der Waals surface area (Å²) >= 11 is 0. The molecule has 0 fully saturated rings. The van der Waals surface area contributed by atoms with E-state index in [1.165, 1.54) is 12.1 Å². The predicted molar refractivity (Wildman–Crippen MR) is 119 cm³/mol. The molecule has 182 valence electrons. The molecule has 1 aliphatic rings. The van der Waals surface area contributed by atoms with E-state index in [1.807, 2.05) is 0 Å². The lowest BCUT2D eigenvalue weighted by Gasteiger charge is -2.19. The number of carbonyl (C=O) groups excluding carboxylic acids is 1. The monoisotopic (exact) mass is 493 g/mol. The van der Waals surface area contributed by atoms with Gasteiger partial charge in [-0.05, 0) is 42.7 Å². The van der Waals surface area contributed by atoms with E-state index in [4.69, 9.17) is 25.4 Å². The number of ether oxygens (including phenoxy) is 2. The van der Waals surface area contributed by atoms with Gasteiger partial charge in [0.1, 0.15) is 6.04 Å². The fourth-order valence-corrected chi connectivity index (χ4v) is 4.30. The Kier molecular flexibility index (Phi) is 7.71. The number of fused-ring (bicyclic) bond motifs is 2. The maximum absolute atomic E-state index is 12.8. The maximum Gasteiger partial charge on any atom is 0.343 e. The van der Waals surface area contributed by atoms with Crippen molar-refractivity contribution in [2.45, 2.75) is 31.8 Å². The summed E-state index contributed by atoms with van der Waals surface area (Å²) in [6.45, 7) is -0.108. The molecular formula is C21H23N3O9S. The van der Waals surface area contributed by atoms with Crippen molar-refractivity contribution in [3.8, 4) is 11.5 Å². The van der Waals surface area contributed by atoms with Gasteiger partial charge < -0.3 is 25.4 Å². The average Bonchev–Trinajstić information content (AvgIpc) is 2.75. The number of carboxylic acids is 2. The number of benzene rings is 2. The highest BCUT2D eigenvalue weighted by Gasteiger charge is 2.27. The van der Waals surface area contributed by atoms with Gasteiger partial charge in [0, 0.05) is 17.8 Å². The molecule has 3 rings (SSSR count). The minimum atomic E-state index is -4.40. The maximum atomic E-state index is 12.8. The number of para-hydroxylation sites is 1. The lowest BCUT2D eigenvalue weighted by Crippen LogP contribution is -2.47. The van der Waals surface area contributed by atoms with Crippen LogP contribution in [0, 0.1) is 0 Å². The normalized spacial score (nSPS) is 14.6. The molecule has 13 heteroatoms. The van der Waals surface area contributed by atoms with E-state index in [-0.39, 0.29) is 24.7 Å². The molecule has 0 saturated carbocycles. The summed E-state index contributed by atoms with van der Waals surface area (Å²) in [5.41, 5.74) is 7.73. The third kappa shape index (κ3) is 6.43. The summed E-state index contributed by atoms with van der Waals surface area (Å²) in [5.74, 6) is -3.52. The van der Waals surface area contributed by atoms with Crippen LogP contribution in [0.1, 0.15) is 34.3 Å². The highest BCUT2D eigenvalue weighted by atomic mass is 32.2. The highest BCUT2D eigenvalue weighted by Crippen LogP contribution is 2.33. The lowest BCUT2D eigenvalue weighted by molar-refractivity contribution is -0.145. The van der Waals surface area contributed by atoms with Crippen LogP contribution in [0.4, 0.5) is 5.69 Å². The molecule has 12 nitrogen and oxygen atoms in total. The molecule has 34 heavy (non-hydrogen) atoms. The van der Waals surface area contributed by atoms with E-state index in [1.54, 1.807) is 29.0 Å². The summed E-state index contributed by atoms with van der Waals surface area (Å²) in [6, 6.07) is 7.59. The van der Waals surface area contributed by atoms with Crippen molar-refractivity contribution in [3.05, 3.63) is 53.1 Å². The van der Waals surface area contributed by atoms with Crippen molar-refractivity contribution in [1.82, 2.24) is 9.44 Å². The number of rotatable bonds is 8. The highest BCUT2D eigenvalue weighted by molar-refractivity contribution is 7.87. The SMILES string of the molecule is Nc1ccc2c(c1)CCCOc1c(CNS(=O)(=O)N[C@@H](CC(=O)O)C(=O)O)cccc1OC2=O. The minimum Gasteiger partial charge on any atom is -0.489 e. The quantitative estimate of drug-likeness (QED) is 0.198. The number of carboxylic acid groups (broad SMARTS) is 2. The van der Waals surface area contributed by atoms with E-state index in [2.05, 4.69) is 4.72 Å². The molecule has 0 saturated heterocycles. The van der Waals surface area contributed by atoms with Crippen molar-refractivity contribution in [1.29, 1.82) is 0 Å². The molecule has 6 N–H and O–H groups in total. The van der Waals surface area contributed by atoms with E-state index < -0.39 is 40.6 Å². The van der Waals surface area contributed by atoms with Gasteiger partial charge in [-0.1, -0.05) is 12.1 Å². The minimum absolute atomic E-state index is 0.0774. The van der Waals surface area contributed by atoms with Crippen molar-refractivity contribution in [2.24, 2.45) is 0 Å². The molecule has 0 radical (unpaired) electrons. The predicted octanol–water partition coefficient (Wildman–Crippen LogP) is 0.665. The van der Waals surface area contributed by atoms with E-state index in [9.17, 15) is 22.8 Å². The summed E-state index contributed by atoms with van der Waals surface area (Å²) < 4.78 is 39.8. The molecule has 0 spiro atoms. The summed E-state index contributed by atoms with van der Waals surface area (Å²) in [5, 5.41) is 17.8. The lowest BCUT2D eigenvalue weighted by atomic mass is 10.0. The van der Waals surface area contributed by atoms with Gasteiger partial charge in [0.25, 0.3) is 10.2 Å². The second kappa shape index (κ2) is 10.5. The van der Waals surface area contributed by atoms with Gasteiger partial charge in [0.2, 0.25) is 0 Å². The van der Waals surface area contributed by atoms with Crippen LogP contribution in [-0.4, -0.2) is 49.2 Å². The average molecular weight is 493 g/mol. The Balaban J connectivity index is 1.81. The first-order valence-electron chi connectivity index (χ1n) is 10.1. The van der Waals surface area contributed by atoms with Crippen LogP contribution >= 0.6 is 0 Å². The number of carbonyl (C=O) groups is 3. The fourth-order valence-electron chi connectivity index (χ4n) is 3.31. The smallest absolute Gasteiger partial charge is 0.343 e. The zero-order chi connectivity index (χ0) is 24.9.